The highest BCUT2D eigenvalue weighted by Crippen LogP contribution is 2.45. The van der Waals surface area contributed by atoms with Crippen LogP contribution >= 0.6 is 0 Å². The van der Waals surface area contributed by atoms with Crippen molar-refractivity contribution in [3.8, 4) is 0 Å². The van der Waals surface area contributed by atoms with E-state index in [0.717, 1.165) is 19.6 Å². The lowest BCUT2D eigenvalue weighted by Crippen LogP contribution is -2.43. The Morgan fingerprint density at radius 2 is 1.72 bits per heavy atom. The maximum Gasteiger partial charge on any atom is 0.0247 e. The highest BCUT2D eigenvalue weighted by Gasteiger charge is 2.40. The fraction of sp³-hybridized carbons (Fsp3) is 0.538. The van der Waals surface area contributed by atoms with Gasteiger partial charge in [-0.3, -0.25) is 4.90 Å². The lowest BCUT2D eigenvalue weighted by Gasteiger charge is -2.44. The summed E-state index contributed by atoms with van der Waals surface area (Å²) in [5.41, 5.74) is 12.1. The summed E-state index contributed by atoms with van der Waals surface area (Å²) < 4.78 is 0. The minimum atomic E-state index is 0.515. The van der Waals surface area contributed by atoms with Crippen molar-refractivity contribution < 1.29 is 0 Å². The molecule has 0 unspecified atom stereocenters. The van der Waals surface area contributed by atoms with Crippen LogP contribution in [0.2, 0.25) is 0 Å². The van der Waals surface area contributed by atoms with Gasteiger partial charge in [0.2, 0.25) is 0 Å². The molecule has 0 radical (unpaired) electrons. The Hall–Kier alpha value is -2.00. The van der Waals surface area contributed by atoms with Crippen molar-refractivity contribution in [3.63, 3.8) is 0 Å². The molecule has 3 aliphatic rings. The number of fused-ring (bicyclic) bond motifs is 1. The summed E-state index contributed by atoms with van der Waals surface area (Å²) in [4.78, 5) is 5.14. The van der Waals surface area contributed by atoms with Gasteiger partial charge in [0.25, 0.3) is 0 Å². The van der Waals surface area contributed by atoms with E-state index in [-0.39, 0.29) is 0 Å². The van der Waals surface area contributed by atoms with Crippen molar-refractivity contribution in [2.75, 3.05) is 32.7 Å². The molecule has 2 heterocycles. The van der Waals surface area contributed by atoms with Crippen molar-refractivity contribution in [1.82, 2.24) is 9.80 Å². The zero-order chi connectivity index (χ0) is 20.3. The smallest absolute Gasteiger partial charge is 0.0247 e. The molecule has 156 valence electrons. The normalized spacial score (nSPS) is 23.1. The molecule has 1 aromatic rings. The Morgan fingerprint density at radius 3 is 2.28 bits per heavy atom. The van der Waals surface area contributed by atoms with E-state index in [1.807, 2.05) is 6.92 Å². The van der Waals surface area contributed by atoms with Crippen LogP contribution in [0.15, 0.2) is 60.5 Å². The minimum Gasteiger partial charge on any atom is -0.404 e. The van der Waals surface area contributed by atoms with E-state index in [1.54, 1.807) is 17.3 Å². The molecule has 0 bridgehead atoms. The van der Waals surface area contributed by atoms with Gasteiger partial charge in [-0.05, 0) is 86.9 Å². The molecule has 2 aliphatic heterocycles. The molecule has 0 amide bonds. The quantitative estimate of drug-likeness (QED) is 0.750. The minimum absolute atomic E-state index is 0.515. The van der Waals surface area contributed by atoms with Crippen molar-refractivity contribution in [1.29, 1.82) is 0 Å². The molecule has 0 saturated carbocycles. The van der Waals surface area contributed by atoms with Gasteiger partial charge in [-0.1, -0.05) is 43.0 Å². The Kier molecular flexibility index (Phi) is 6.15. The third-order valence-electron chi connectivity index (χ3n) is 7.54. The van der Waals surface area contributed by atoms with Crippen molar-refractivity contribution in [2.45, 2.75) is 45.4 Å². The number of hydrogen-bond acceptors (Lipinski definition) is 3. The number of piperidine rings is 2. The van der Waals surface area contributed by atoms with Crippen LogP contribution in [0.5, 0.6) is 0 Å². The second-order valence-electron chi connectivity index (χ2n) is 9.39. The molecule has 1 aliphatic carbocycles. The zero-order valence-corrected chi connectivity index (χ0v) is 18.1. The first-order chi connectivity index (χ1) is 14.1. The van der Waals surface area contributed by atoms with E-state index in [2.05, 4.69) is 52.8 Å². The predicted octanol–water partition coefficient (Wildman–Crippen LogP) is 4.51. The van der Waals surface area contributed by atoms with Gasteiger partial charge >= 0.3 is 0 Å². The highest BCUT2D eigenvalue weighted by atomic mass is 15.2. The van der Waals surface area contributed by atoms with Gasteiger partial charge in [-0.2, -0.15) is 0 Å². The molecule has 0 aromatic heterocycles. The van der Waals surface area contributed by atoms with E-state index < -0.39 is 0 Å². The number of allylic oxidation sites excluding steroid dienone is 2. The molecular formula is C26H37N3. The summed E-state index contributed by atoms with van der Waals surface area (Å²) in [6.07, 6.45) is 13.6. The molecular weight excluding hydrogens is 354 g/mol. The van der Waals surface area contributed by atoms with E-state index >= 15 is 0 Å². The van der Waals surface area contributed by atoms with Gasteiger partial charge in [-0.25, -0.2) is 0 Å². The van der Waals surface area contributed by atoms with Crippen molar-refractivity contribution in [3.05, 3.63) is 71.6 Å². The van der Waals surface area contributed by atoms with Crippen LogP contribution < -0.4 is 5.73 Å². The van der Waals surface area contributed by atoms with Gasteiger partial charge in [0.15, 0.2) is 0 Å². The first-order valence-corrected chi connectivity index (χ1v) is 11.4. The van der Waals surface area contributed by atoms with Crippen LogP contribution in [0.1, 0.15) is 43.7 Å². The number of likely N-dealkylation sites (tertiary alicyclic amines) is 2. The number of nitrogens with two attached hydrogens (primary N) is 1. The summed E-state index contributed by atoms with van der Waals surface area (Å²) in [5, 5.41) is 0. The molecule has 29 heavy (non-hydrogen) atoms. The summed E-state index contributed by atoms with van der Waals surface area (Å²) in [5.74, 6) is 0.646. The number of benzene rings is 1. The highest BCUT2D eigenvalue weighted by molar-refractivity contribution is 5.34. The summed E-state index contributed by atoms with van der Waals surface area (Å²) in [6, 6.07) is 9.08. The van der Waals surface area contributed by atoms with Crippen LogP contribution in [-0.4, -0.2) is 42.5 Å². The summed E-state index contributed by atoms with van der Waals surface area (Å²) >= 11 is 0. The maximum atomic E-state index is 5.77. The molecule has 3 heteroatoms. The van der Waals surface area contributed by atoms with Crippen LogP contribution in [0, 0.1) is 11.3 Å². The van der Waals surface area contributed by atoms with E-state index in [0.29, 0.717) is 11.3 Å². The van der Waals surface area contributed by atoms with Crippen LogP contribution in [0.4, 0.5) is 0 Å². The molecule has 3 nitrogen and oxygen atoms in total. The standard InChI is InChI=1S/C26H37N3/c1-3-6-22(19-27)20-28-13-9-23(10-14-28)21(2)29-15-11-26(12-16-29)17-24-7-4-5-8-25(24)18-26/h3-8,19,23H,2,9-18,20,27H2,1H3/b6-3-,22-19+. The largest absolute Gasteiger partial charge is 0.404 e. The Bertz CT molecular complexity index is 748. The van der Waals surface area contributed by atoms with E-state index in [4.69, 9.17) is 5.73 Å². The van der Waals surface area contributed by atoms with Crippen LogP contribution in [0.25, 0.3) is 0 Å². The molecule has 2 saturated heterocycles. The second-order valence-corrected chi connectivity index (χ2v) is 9.39. The van der Waals surface area contributed by atoms with Crippen molar-refractivity contribution in [2.24, 2.45) is 17.1 Å². The number of nitrogens with zero attached hydrogens (tertiary/aromatic N) is 2. The lowest BCUT2D eigenvalue weighted by atomic mass is 9.75. The molecule has 2 fully saturated rings. The topological polar surface area (TPSA) is 32.5 Å². The van der Waals surface area contributed by atoms with E-state index in [9.17, 15) is 0 Å². The first kappa shape index (κ1) is 20.3. The second kappa shape index (κ2) is 8.79. The predicted molar refractivity (Wildman–Crippen MR) is 122 cm³/mol. The molecule has 2 N–H and O–H groups in total. The maximum absolute atomic E-state index is 5.77. The molecule has 1 aromatic carbocycles. The Balaban J connectivity index is 1.26. The molecule has 0 atom stereocenters. The third-order valence-corrected chi connectivity index (χ3v) is 7.54. The fourth-order valence-electron chi connectivity index (χ4n) is 5.71. The Morgan fingerprint density at radius 1 is 1.10 bits per heavy atom. The third kappa shape index (κ3) is 4.45. The van der Waals surface area contributed by atoms with Gasteiger partial charge < -0.3 is 10.6 Å². The molecule has 1 spiro atoms. The summed E-state index contributed by atoms with van der Waals surface area (Å²) in [6.45, 7) is 12.2. The zero-order valence-electron chi connectivity index (χ0n) is 18.1. The van der Waals surface area contributed by atoms with Crippen molar-refractivity contribution >= 4 is 0 Å². The summed E-state index contributed by atoms with van der Waals surface area (Å²) in [7, 11) is 0. The molecule has 4 rings (SSSR count). The van der Waals surface area contributed by atoms with Crippen LogP contribution in [0.3, 0.4) is 0 Å². The number of hydrogen-bond donors (Lipinski definition) is 1. The van der Waals surface area contributed by atoms with E-state index in [1.165, 1.54) is 62.9 Å². The van der Waals surface area contributed by atoms with Gasteiger partial charge in [0.1, 0.15) is 0 Å². The SMILES string of the molecule is C=C(C1CCN(CC(/C=C\C)=C/N)CC1)N1CCC2(CC1)Cc1ccccc1C2. The fourth-order valence-corrected chi connectivity index (χ4v) is 5.71. The van der Waals surface area contributed by atoms with Gasteiger partial charge in [0.05, 0.1) is 0 Å². The van der Waals surface area contributed by atoms with Crippen LogP contribution in [-0.2, 0) is 12.8 Å². The average molecular weight is 392 g/mol. The Labute approximate surface area is 177 Å². The lowest BCUT2D eigenvalue weighted by molar-refractivity contribution is 0.115. The van der Waals surface area contributed by atoms with Gasteiger partial charge in [-0.15, -0.1) is 0 Å². The average Bonchev–Trinajstić information content (AvgIpc) is 3.11. The monoisotopic (exact) mass is 391 g/mol. The first-order valence-electron chi connectivity index (χ1n) is 11.4. The van der Waals surface area contributed by atoms with Gasteiger partial charge in [0, 0.05) is 31.2 Å². The number of rotatable bonds is 5.